The highest BCUT2D eigenvalue weighted by Crippen LogP contribution is 2.37. The summed E-state index contributed by atoms with van der Waals surface area (Å²) in [6.07, 6.45) is 6.21. The SMILES string of the molecule is CC(=O)O[C@@H]1/C=C(/C)CC/C=C(/C)C[C@@H]2OC(=O)C(C)[C@H]21. The van der Waals surface area contributed by atoms with Gasteiger partial charge in [0.1, 0.15) is 12.2 Å². The molecule has 4 nitrogen and oxygen atoms in total. The monoisotopic (exact) mass is 292 g/mol. The van der Waals surface area contributed by atoms with E-state index in [2.05, 4.69) is 13.0 Å². The first kappa shape index (κ1) is 15.8. The van der Waals surface area contributed by atoms with Gasteiger partial charge in [-0.1, -0.05) is 24.1 Å². The number of ether oxygens (including phenoxy) is 2. The predicted molar refractivity (Wildman–Crippen MR) is 79.5 cm³/mol. The van der Waals surface area contributed by atoms with E-state index < -0.39 is 0 Å². The number of fused-ring (bicyclic) bond motifs is 1. The summed E-state index contributed by atoms with van der Waals surface area (Å²) in [5, 5.41) is 0. The summed E-state index contributed by atoms with van der Waals surface area (Å²) in [6, 6.07) is 0. The van der Waals surface area contributed by atoms with Gasteiger partial charge in [-0.25, -0.2) is 0 Å². The molecule has 0 aromatic rings. The first-order valence-electron chi connectivity index (χ1n) is 7.59. The van der Waals surface area contributed by atoms with E-state index in [9.17, 15) is 9.59 Å². The van der Waals surface area contributed by atoms with Gasteiger partial charge in [0.2, 0.25) is 0 Å². The van der Waals surface area contributed by atoms with Crippen LogP contribution in [-0.2, 0) is 19.1 Å². The van der Waals surface area contributed by atoms with Crippen LogP contribution in [0.4, 0.5) is 0 Å². The van der Waals surface area contributed by atoms with Crippen LogP contribution < -0.4 is 0 Å². The summed E-state index contributed by atoms with van der Waals surface area (Å²) in [6.45, 7) is 7.37. The number of hydrogen-bond acceptors (Lipinski definition) is 4. The Morgan fingerprint density at radius 3 is 2.71 bits per heavy atom. The molecule has 1 aliphatic heterocycles. The Morgan fingerprint density at radius 2 is 2.05 bits per heavy atom. The van der Waals surface area contributed by atoms with Crippen molar-refractivity contribution < 1.29 is 19.1 Å². The molecule has 0 bridgehead atoms. The zero-order valence-electron chi connectivity index (χ0n) is 13.2. The molecule has 2 aliphatic rings. The van der Waals surface area contributed by atoms with Crippen molar-refractivity contribution in [1.29, 1.82) is 0 Å². The molecule has 0 aromatic heterocycles. The summed E-state index contributed by atoms with van der Waals surface area (Å²) < 4.78 is 11.0. The third kappa shape index (κ3) is 3.74. The summed E-state index contributed by atoms with van der Waals surface area (Å²) >= 11 is 0. The number of rotatable bonds is 1. The van der Waals surface area contributed by atoms with E-state index in [0.717, 1.165) is 12.8 Å². The van der Waals surface area contributed by atoms with Gasteiger partial charge in [0.25, 0.3) is 0 Å². The molecule has 0 radical (unpaired) electrons. The number of hydrogen-bond donors (Lipinski definition) is 0. The Balaban J connectivity index is 2.36. The third-order valence-corrected chi connectivity index (χ3v) is 4.33. The smallest absolute Gasteiger partial charge is 0.309 e. The zero-order valence-corrected chi connectivity index (χ0v) is 13.2. The normalized spacial score (nSPS) is 38.4. The summed E-state index contributed by atoms with van der Waals surface area (Å²) in [5.74, 6) is -0.882. The van der Waals surface area contributed by atoms with E-state index in [1.165, 1.54) is 18.1 Å². The van der Waals surface area contributed by atoms with Crippen molar-refractivity contribution in [3.05, 3.63) is 23.3 Å². The van der Waals surface area contributed by atoms with Crippen molar-refractivity contribution >= 4 is 11.9 Å². The van der Waals surface area contributed by atoms with Gasteiger partial charge in [-0.3, -0.25) is 9.59 Å². The van der Waals surface area contributed by atoms with Crippen molar-refractivity contribution in [2.24, 2.45) is 11.8 Å². The van der Waals surface area contributed by atoms with Crippen LogP contribution in [0.15, 0.2) is 23.3 Å². The topological polar surface area (TPSA) is 52.6 Å². The Kier molecular flexibility index (Phi) is 4.86. The highest BCUT2D eigenvalue weighted by molar-refractivity contribution is 5.75. The van der Waals surface area contributed by atoms with Gasteiger partial charge >= 0.3 is 11.9 Å². The van der Waals surface area contributed by atoms with Crippen LogP contribution in [0, 0.1) is 11.8 Å². The Morgan fingerprint density at radius 1 is 1.33 bits per heavy atom. The largest absolute Gasteiger partial charge is 0.461 e. The van der Waals surface area contributed by atoms with Crippen molar-refractivity contribution in [2.45, 2.75) is 59.2 Å². The molecule has 1 unspecified atom stereocenters. The molecule has 0 amide bonds. The molecule has 0 saturated carbocycles. The summed E-state index contributed by atoms with van der Waals surface area (Å²) in [7, 11) is 0. The quantitative estimate of drug-likeness (QED) is 0.550. The molecule has 21 heavy (non-hydrogen) atoms. The molecule has 1 fully saturated rings. The second-order valence-electron chi connectivity index (χ2n) is 6.22. The molecule has 1 saturated heterocycles. The zero-order chi connectivity index (χ0) is 15.6. The van der Waals surface area contributed by atoms with Crippen LogP contribution in [0.3, 0.4) is 0 Å². The molecular formula is C17H24O4. The first-order chi connectivity index (χ1) is 9.88. The second-order valence-corrected chi connectivity index (χ2v) is 6.22. The Hall–Kier alpha value is -1.58. The van der Waals surface area contributed by atoms with Gasteiger partial charge in [-0.05, 0) is 32.8 Å². The number of carbonyl (C=O) groups is 2. The molecule has 1 heterocycles. The minimum absolute atomic E-state index is 0.113. The Labute approximate surface area is 126 Å². The average Bonchev–Trinajstić information content (AvgIpc) is 2.62. The number of esters is 2. The maximum atomic E-state index is 12.0. The van der Waals surface area contributed by atoms with Crippen molar-refractivity contribution in [1.82, 2.24) is 0 Å². The molecule has 0 N–H and O–H groups in total. The van der Waals surface area contributed by atoms with Crippen molar-refractivity contribution in [3.63, 3.8) is 0 Å². The van der Waals surface area contributed by atoms with E-state index in [4.69, 9.17) is 9.47 Å². The van der Waals surface area contributed by atoms with Crippen molar-refractivity contribution in [2.75, 3.05) is 0 Å². The minimum Gasteiger partial charge on any atom is -0.461 e. The van der Waals surface area contributed by atoms with E-state index in [-0.39, 0.29) is 36.0 Å². The average molecular weight is 292 g/mol. The first-order valence-corrected chi connectivity index (χ1v) is 7.59. The van der Waals surface area contributed by atoms with Crippen LogP contribution in [0.1, 0.15) is 47.0 Å². The highest BCUT2D eigenvalue weighted by Gasteiger charge is 2.46. The van der Waals surface area contributed by atoms with Gasteiger partial charge in [0.05, 0.1) is 11.8 Å². The third-order valence-electron chi connectivity index (χ3n) is 4.33. The predicted octanol–water partition coefficient (Wildman–Crippen LogP) is 3.17. The van der Waals surface area contributed by atoms with Crippen molar-refractivity contribution in [3.8, 4) is 0 Å². The minimum atomic E-state index is -0.389. The van der Waals surface area contributed by atoms with Gasteiger partial charge in [0.15, 0.2) is 0 Å². The standard InChI is InChI=1S/C17H24O4/c1-10-6-5-7-11(2)9-15-16(12(3)17(19)21-15)14(8-10)20-13(4)18/h7-8,12,14-16H,5-6,9H2,1-4H3/b10-8-,11-7-/t12?,14-,15+,16+/m1/s1. The lowest BCUT2D eigenvalue weighted by Gasteiger charge is -2.27. The lowest BCUT2D eigenvalue weighted by molar-refractivity contribution is -0.147. The fourth-order valence-corrected chi connectivity index (χ4v) is 3.21. The summed E-state index contributed by atoms with van der Waals surface area (Å²) in [4.78, 5) is 23.4. The molecular weight excluding hydrogens is 268 g/mol. The molecule has 0 aromatic carbocycles. The summed E-state index contributed by atoms with van der Waals surface area (Å²) in [5.41, 5.74) is 2.40. The number of carbonyl (C=O) groups excluding carboxylic acids is 2. The molecule has 4 atom stereocenters. The van der Waals surface area contributed by atoms with E-state index in [1.54, 1.807) is 0 Å². The van der Waals surface area contributed by atoms with Crippen LogP contribution in [-0.4, -0.2) is 24.1 Å². The highest BCUT2D eigenvalue weighted by atomic mass is 16.6. The van der Waals surface area contributed by atoms with E-state index >= 15 is 0 Å². The van der Waals surface area contributed by atoms with Gasteiger partial charge < -0.3 is 9.47 Å². The van der Waals surface area contributed by atoms with Gasteiger partial charge in [-0.15, -0.1) is 0 Å². The lowest BCUT2D eigenvalue weighted by atomic mass is 9.82. The van der Waals surface area contributed by atoms with E-state index in [1.807, 2.05) is 19.9 Å². The number of allylic oxidation sites excluding steroid dienone is 2. The van der Waals surface area contributed by atoms with Crippen LogP contribution in [0.2, 0.25) is 0 Å². The fraction of sp³-hybridized carbons (Fsp3) is 0.647. The lowest BCUT2D eigenvalue weighted by Crippen LogP contribution is -2.34. The maximum Gasteiger partial charge on any atom is 0.309 e. The van der Waals surface area contributed by atoms with Crippen LogP contribution >= 0.6 is 0 Å². The van der Waals surface area contributed by atoms with Gasteiger partial charge in [0, 0.05) is 13.3 Å². The molecule has 1 aliphatic carbocycles. The molecule has 0 spiro atoms. The maximum absolute atomic E-state index is 12.0. The van der Waals surface area contributed by atoms with E-state index in [0.29, 0.717) is 6.42 Å². The molecule has 4 heteroatoms. The second kappa shape index (κ2) is 6.46. The van der Waals surface area contributed by atoms with Gasteiger partial charge in [-0.2, -0.15) is 0 Å². The van der Waals surface area contributed by atoms with Crippen LogP contribution in [0.25, 0.3) is 0 Å². The van der Waals surface area contributed by atoms with Crippen LogP contribution in [0.5, 0.6) is 0 Å². The Bertz CT molecular complexity index is 489. The fourth-order valence-electron chi connectivity index (χ4n) is 3.21. The molecule has 116 valence electrons. The molecule has 2 rings (SSSR count).